The molecule has 1 aliphatic heterocycles. The molecule has 1 fully saturated rings. The van der Waals surface area contributed by atoms with Crippen molar-refractivity contribution in [2.24, 2.45) is 0 Å². The summed E-state index contributed by atoms with van der Waals surface area (Å²) in [5.41, 5.74) is 0. The van der Waals surface area contributed by atoms with Crippen molar-refractivity contribution in [3.05, 3.63) is 0 Å². The Bertz CT molecular complexity index is 320. The van der Waals surface area contributed by atoms with Crippen LogP contribution in [0.4, 0.5) is 4.79 Å². The molecule has 1 rings (SSSR count). The van der Waals surface area contributed by atoms with Gasteiger partial charge in [-0.1, -0.05) is 0 Å². The zero-order valence-electron chi connectivity index (χ0n) is 12.0. The Morgan fingerprint density at radius 1 is 1.47 bits per heavy atom. The molecule has 0 aliphatic carbocycles. The van der Waals surface area contributed by atoms with Crippen LogP contribution >= 0.6 is 0 Å². The van der Waals surface area contributed by atoms with Crippen molar-refractivity contribution in [3.63, 3.8) is 0 Å². The van der Waals surface area contributed by atoms with Crippen molar-refractivity contribution in [1.29, 1.82) is 0 Å². The first-order valence-electron chi connectivity index (χ1n) is 6.80. The number of ether oxygens (including phenoxy) is 1. The second kappa shape index (κ2) is 7.33. The van der Waals surface area contributed by atoms with Crippen molar-refractivity contribution in [2.45, 2.75) is 45.8 Å². The molecule has 0 spiro atoms. The van der Waals surface area contributed by atoms with E-state index in [4.69, 9.17) is 9.84 Å². The lowest BCUT2D eigenvalue weighted by Crippen LogP contribution is -2.52. The molecule has 1 unspecified atom stereocenters. The fraction of sp³-hybridized carbons (Fsp3) is 0.846. The van der Waals surface area contributed by atoms with E-state index in [9.17, 15) is 9.59 Å². The van der Waals surface area contributed by atoms with Gasteiger partial charge in [-0.2, -0.15) is 0 Å². The monoisotopic (exact) mass is 272 g/mol. The van der Waals surface area contributed by atoms with Gasteiger partial charge >= 0.3 is 12.0 Å². The molecule has 6 nitrogen and oxygen atoms in total. The highest BCUT2D eigenvalue weighted by Crippen LogP contribution is 2.11. The van der Waals surface area contributed by atoms with E-state index in [1.165, 1.54) is 0 Å². The van der Waals surface area contributed by atoms with E-state index in [1.54, 1.807) is 9.80 Å². The Morgan fingerprint density at radius 3 is 2.68 bits per heavy atom. The van der Waals surface area contributed by atoms with Crippen LogP contribution in [0.15, 0.2) is 0 Å². The number of carbonyl (C=O) groups excluding carboxylic acids is 1. The molecular formula is C13H24N2O4. The quantitative estimate of drug-likeness (QED) is 0.821. The highest BCUT2D eigenvalue weighted by atomic mass is 16.5. The lowest BCUT2D eigenvalue weighted by molar-refractivity contribution is -0.137. The number of urea groups is 1. The van der Waals surface area contributed by atoms with E-state index in [-0.39, 0.29) is 24.6 Å². The van der Waals surface area contributed by atoms with Gasteiger partial charge in [-0.25, -0.2) is 4.79 Å². The third kappa shape index (κ3) is 5.06. The summed E-state index contributed by atoms with van der Waals surface area (Å²) in [5, 5.41) is 8.66. The van der Waals surface area contributed by atoms with Crippen LogP contribution in [0.5, 0.6) is 0 Å². The summed E-state index contributed by atoms with van der Waals surface area (Å²) in [5.74, 6) is -0.823. The van der Waals surface area contributed by atoms with Gasteiger partial charge in [0.2, 0.25) is 0 Å². The Balaban J connectivity index is 2.54. The second-order valence-corrected chi connectivity index (χ2v) is 5.19. The first-order chi connectivity index (χ1) is 8.91. The molecule has 110 valence electrons. The molecule has 0 radical (unpaired) electrons. The van der Waals surface area contributed by atoms with Crippen LogP contribution < -0.4 is 0 Å². The fourth-order valence-corrected chi connectivity index (χ4v) is 2.15. The van der Waals surface area contributed by atoms with Crippen LogP contribution in [-0.4, -0.2) is 65.3 Å². The van der Waals surface area contributed by atoms with E-state index < -0.39 is 5.97 Å². The summed E-state index contributed by atoms with van der Waals surface area (Å²) >= 11 is 0. The van der Waals surface area contributed by atoms with Crippen LogP contribution in [0.2, 0.25) is 0 Å². The van der Waals surface area contributed by atoms with E-state index in [0.29, 0.717) is 32.7 Å². The maximum Gasteiger partial charge on any atom is 0.320 e. The van der Waals surface area contributed by atoms with Gasteiger partial charge in [0.1, 0.15) is 0 Å². The molecule has 0 aromatic carbocycles. The van der Waals surface area contributed by atoms with Crippen LogP contribution in [-0.2, 0) is 9.53 Å². The van der Waals surface area contributed by atoms with E-state index >= 15 is 0 Å². The summed E-state index contributed by atoms with van der Waals surface area (Å²) in [4.78, 5) is 26.5. The van der Waals surface area contributed by atoms with Crippen molar-refractivity contribution in [2.75, 3.05) is 26.2 Å². The molecule has 1 N–H and O–H groups in total. The lowest BCUT2D eigenvalue weighted by atomic mass is 10.2. The summed E-state index contributed by atoms with van der Waals surface area (Å²) in [7, 11) is 0. The van der Waals surface area contributed by atoms with Gasteiger partial charge in [0.05, 0.1) is 12.7 Å². The molecule has 1 saturated heterocycles. The Kier molecular flexibility index (Phi) is 6.08. The number of carbonyl (C=O) groups is 2. The fourth-order valence-electron chi connectivity index (χ4n) is 2.15. The average Bonchev–Trinajstić information content (AvgIpc) is 2.33. The zero-order chi connectivity index (χ0) is 14.4. The SMILES string of the molecule is CC1CN(C(=O)N(CCCC(=O)O)C(C)C)CCO1. The van der Waals surface area contributed by atoms with Crippen LogP contribution in [0.3, 0.4) is 0 Å². The third-order valence-corrected chi connectivity index (χ3v) is 3.17. The van der Waals surface area contributed by atoms with Crippen molar-refractivity contribution >= 4 is 12.0 Å². The van der Waals surface area contributed by atoms with Crippen molar-refractivity contribution < 1.29 is 19.4 Å². The first-order valence-corrected chi connectivity index (χ1v) is 6.80. The molecule has 1 atom stereocenters. The predicted octanol–water partition coefficient (Wildman–Crippen LogP) is 1.40. The summed E-state index contributed by atoms with van der Waals surface area (Å²) in [6, 6.07) is 0.0509. The van der Waals surface area contributed by atoms with Crippen LogP contribution in [0.25, 0.3) is 0 Å². The highest BCUT2D eigenvalue weighted by molar-refractivity contribution is 5.75. The standard InChI is InChI=1S/C13H24N2O4/c1-10(2)15(6-4-5-12(16)17)13(18)14-7-8-19-11(3)9-14/h10-11H,4-9H2,1-3H3,(H,16,17). The first kappa shape index (κ1) is 15.8. The van der Waals surface area contributed by atoms with E-state index in [1.807, 2.05) is 20.8 Å². The maximum absolute atomic E-state index is 12.4. The van der Waals surface area contributed by atoms with Crippen LogP contribution in [0, 0.1) is 0 Å². The maximum atomic E-state index is 12.4. The smallest absolute Gasteiger partial charge is 0.320 e. The van der Waals surface area contributed by atoms with Gasteiger partial charge < -0.3 is 19.6 Å². The molecule has 0 bridgehead atoms. The van der Waals surface area contributed by atoms with Gasteiger partial charge in [0.15, 0.2) is 0 Å². The van der Waals surface area contributed by atoms with Gasteiger partial charge in [-0.05, 0) is 27.2 Å². The third-order valence-electron chi connectivity index (χ3n) is 3.17. The van der Waals surface area contributed by atoms with Gasteiger partial charge in [0.25, 0.3) is 0 Å². The van der Waals surface area contributed by atoms with Crippen molar-refractivity contribution in [3.8, 4) is 0 Å². The molecule has 2 amide bonds. The Morgan fingerprint density at radius 2 is 2.16 bits per heavy atom. The Hall–Kier alpha value is -1.30. The summed E-state index contributed by atoms with van der Waals surface area (Å²) in [6.07, 6.45) is 0.639. The second-order valence-electron chi connectivity index (χ2n) is 5.19. The predicted molar refractivity (Wildman–Crippen MR) is 71.1 cm³/mol. The molecule has 0 saturated carbocycles. The number of carboxylic acid groups (broad SMARTS) is 1. The molecule has 6 heteroatoms. The number of rotatable bonds is 5. The number of aliphatic carboxylic acids is 1. The molecular weight excluding hydrogens is 248 g/mol. The van der Waals surface area contributed by atoms with Gasteiger partial charge in [0, 0.05) is 32.1 Å². The lowest BCUT2D eigenvalue weighted by Gasteiger charge is -2.37. The number of hydrogen-bond donors (Lipinski definition) is 1. The number of nitrogens with zero attached hydrogens (tertiary/aromatic N) is 2. The van der Waals surface area contributed by atoms with E-state index in [0.717, 1.165) is 0 Å². The number of amides is 2. The number of morpholine rings is 1. The average molecular weight is 272 g/mol. The Labute approximate surface area is 114 Å². The minimum absolute atomic E-state index is 0.0180. The minimum atomic E-state index is -0.823. The highest BCUT2D eigenvalue weighted by Gasteiger charge is 2.26. The number of hydrogen-bond acceptors (Lipinski definition) is 3. The largest absolute Gasteiger partial charge is 0.481 e. The van der Waals surface area contributed by atoms with Gasteiger partial charge in [-0.15, -0.1) is 0 Å². The minimum Gasteiger partial charge on any atom is -0.481 e. The summed E-state index contributed by atoms with van der Waals surface area (Å²) < 4.78 is 5.42. The summed E-state index contributed by atoms with van der Waals surface area (Å²) in [6.45, 7) is 8.09. The topological polar surface area (TPSA) is 70.1 Å². The van der Waals surface area contributed by atoms with Crippen LogP contribution in [0.1, 0.15) is 33.6 Å². The zero-order valence-corrected chi connectivity index (χ0v) is 12.0. The van der Waals surface area contributed by atoms with E-state index in [2.05, 4.69) is 0 Å². The molecule has 1 aliphatic rings. The number of carboxylic acids is 1. The normalized spacial score (nSPS) is 19.6. The molecule has 0 aromatic heterocycles. The van der Waals surface area contributed by atoms with Gasteiger partial charge in [-0.3, -0.25) is 4.79 Å². The van der Waals surface area contributed by atoms with Crippen molar-refractivity contribution in [1.82, 2.24) is 9.80 Å². The molecule has 0 aromatic rings. The molecule has 1 heterocycles. The molecule has 19 heavy (non-hydrogen) atoms.